The van der Waals surface area contributed by atoms with E-state index in [4.69, 9.17) is 5.11 Å². The topological polar surface area (TPSA) is 127 Å². The number of carbonyl (C=O) groups excluding carboxylic acids is 1. The summed E-state index contributed by atoms with van der Waals surface area (Å²) in [5.41, 5.74) is 0.0377. The van der Waals surface area contributed by atoms with Crippen molar-refractivity contribution in [3.63, 3.8) is 0 Å². The molecule has 0 saturated heterocycles. The van der Waals surface area contributed by atoms with Crippen LogP contribution in [0, 0.1) is 46.3 Å². The Morgan fingerprint density at radius 1 is 0.912 bits per heavy atom. The quantitative estimate of drug-likeness (QED) is 0.399. The summed E-state index contributed by atoms with van der Waals surface area (Å²) >= 11 is 0. The number of carboxylic acid groups (broad SMARTS) is 1. The van der Waals surface area contributed by atoms with Crippen LogP contribution in [-0.4, -0.2) is 56.7 Å². The van der Waals surface area contributed by atoms with Crippen LogP contribution in [0.4, 0.5) is 0 Å². The van der Waals surface area contributed by atoms with E-state index in [0.717, 1.165) is 44.9 Å². The lowest BCUT2D eigenvalue weighted by atomic mass is 9.43. The van der Waals surface area contributed by atoms with Crippen LogP contribution in [0.25, 0.3) is 0 Å². The lowest BCUT2D eigenvalue weighted by Crippen LogP contribution is -2.64. The van der Waals surface area contributed by atoms with E-state index in [1.807, 2.05) is 0 Å². The molecule has 0 aromatic heterocycles. The van der Waals surface area contributed by atoms with Crippen molar-refractivity contribution in [1.82, 2.24) is 5.32 Å². The average molecular weight is 480 g/mol. The minimum absolute atomic E-state index is 0.0352. The van der Waals surface area contributed by atoms with E-state index in [1.54, 1.807) is 0 Å². The molecule has 0 radical (unpaired) electrons. The van der Waals surface area contributed by atoms with Gasteiger partial charge in [0, 0.05) is 6.42 Å². The average Bonchev–Trinajstić information content (AvgIpc) is 3.13. The summed E-state index contributed by atoms with van der Waals surface area (Å²) in [6.07, 6.45) is 5.69. The summed E-state index contributed by atoms with van der Waals surface area (Å²) in [6.45, 7) is 8.36. The highest BCUT2D eigenvalue weighted by molar-refractivity contribution is 5.83. The molecule has 4 rings (SSSR count). The summed E-state index contributed by atoms with van der Waals surface area (Å²) in [7, 11) is 0. The van der Waals surface area contributed by atoms with E-state index in [2.05, 4.69) is 26.1 Å². The van der Waals surface area contributed by atoms with Crippen LogP contribution in [0.2, 0.25) is 0 Å². The maximum absolute atomic E-state index is 12.2. The maximum Gasteiger partial charge on any atom is 0.325 e. The number of aliphatic carboxylic acids is 1. The fourth-order valence-electron chi connectivity index (χ4n) is 9.15. The Bertz CT molecular complexity index is 789. The fourth-order valence-corrected chi connectivity index (χ4v) is 9.15. The van der Waals surface area contributed by atoms with Crippen LogP contribution in [0.5, 0.6) is 0 Å². The van der Waals surface area contributed by atoms with E-state index in [-0.39, 0.29) is 34.7 Å². The zero-order valence-corrected chi connectivity index (χ0v) is 21.2. The van der Waals surface area contributed by atoms with Gasteiger partial charge >= 0.3 is 5.97 Å². The van der Waals surface area contributed by atoms with Crippen molar-refractivity contribution in [2.45, 2.75) is 110 Å². The molecule has 4 aliphatic rings. The lowest BCUT2D eigenvalue weighted by Gasteiger charge is -2.63. The van der Waals surface area contributed by atoms with Gasteiger partial charge in [-0.15, -0.1) is 0 Å². The molecular formula is C27H45NO6. The van der Waals surface area contributed by atoms with Gasteiger partial charge in [0.1, 0.15) is 6.04 Å². The summed E-state index contributed by atoms with van der Waals surface area (Å²) in [6, 6.07) is -0.878. The molecule has 194 valence electrons. The predicted octanol–water partition coefficient (Wildman–Crippen LogP) is 2.95. The van der Waals surface area contributed by atoms with Crippen molar-refractivity contribution in [3.8, 4) is 0 Å². The van der Waals surface area contributed by atoms with E-state index >= 15 is 0 Å². The number of hydrogen-bond acceptors (Lipinski definition) is 5. The highest BCUT2D eigenvalue weighted by atomic mass is 16.4. The van der Waals surface area contributed by atoms with Gasteiger partial charge in [0.25, 0.3) is 0 Å². The van der Waals surface area contributed by atoms with Gasteiger partial charge in [-0.05, 0) is 105 Å². The summed E-state index contributed by atoms with van der Waals surface area (Å²) < 4.78 is 0. The number of rotatable bonds is 6. The molecule has 0 unspecified atom stereocenters. The van der Waals surface area contributed by atoms with Gasteiger partial charge in [-0.1, -0.05) is 20.8 Å². The van der Waals surface area contributed by atoms with Crippen molar-refractivity contribution >= 4 is 11.9 Å². The largest absolute Gasteiger partial charge is 0.480 e. The third kappa shape index (κ3) is 4.20. The van der Waals surface area contributed by atoms with Gasteiger partial charge in [0.15, 0.2) is 0 Å². The lowest BCUT2D eigenvalue weighted by molar-refractivity contribution is -0.223. The Balaban J connectivity index is 1.46. The van der Waals surface area contributed by atoms with Crippen LogP contribution < -0.4 is 5.32 Å². The first-order valence-corrected chi connectivity index (χ1v) is 13.5. The van der Waals surface area contributed by atoms with Crippen LogP contribution in [-0.2, 0) is 9.59 Å². The first kappa shape index (κ1) is 25.9. The van der Waals surface area contributed by atoms with E-state index in [1.165, 1.54) is 6.92 Å². The number of carboxylic acids is 1. The van der Waals surface area contributed by atoms with Crippen LogP contribution >= 0.6 is 0 Å². The van der Waals surface area contributed by atoms with Crippen LogP contribution in [0.3, 0.4) is 0 Å². The molecule has 0 aromatic carbocycles. The molecule has 4 saturated carbocycles. The second kappa shape index (κ2) is 9.36. The smallest absolute Gasteiger partial charge is 0.325 e. The first-order chi connectivity index (χ1) is 15.9. The van der Waals surface area contributed by atoms with E-state index in [0.29, 0.717) is 36.5 Å². The van der Waals surface area contributed by atoms with E-state index < -0.39 is 24.2 Å². The van der Waals surface area contributed by atoms with Gasteiger partial charge in [-0.2, -0.15) is 0 Å². The number of nitrogens with one attached hydrogen (secondary N) is 1. The van der Waals surface area contributed by atoms with Crippen LogP contribution in [0.1, 0.15) is 85.5 Å². The van der Waals surface area contributed by atoms with Gasteiger partial charge in [0.05, 0.1) is 18.3 Å². The van der Waals surface area contributed by atoms with Crippen molar-refractivity contribution < 1.29 is 30.0 Å². The molecular weight excluding hydrogens is 434 g/mol. The molecule has 5 N–H and O–H groups in total. The fraction of sp³-hybridized carbons (Fsp3) is 0.926. The Morgan fingerprint density at radius 3 is 2.24 bits per heavy atom. The van der Waals surface area contributed by atoms with Gasteiger partial charge < -0.3 is 25.7 Å². The Morgan fingerprint density at radius 2 is 1.56 bits per heavy atom. The van der Waals surface area contributed by atoms with Crippen LogP contribution in [0.15, 0.2) is 0 Å². The van der Waals surface area contributed by atoms with Crippen molar-refractivity contribution in [3.05, 3.63) is 0 Å². The number of amides is 1. The Kier molecular flexibility index (Phi) is 7.13. The van der Waals surface area contributed by atoms with Gasteiger partial charge in [-0.25, -0.2) is 0 Å². The van der Waals surface area contributed by atoms with Gasteiger partial charge in [-0.3, -0.25) is 9.59 Å². The summed E-state index contributed by atoms with van der Waals surface area (Å²) in [5.74, 6) is 0.312. The van der Waals surface area contributed by atoms with Crippen molar-refractivity contribution in [1.29, 1.82) is 0 Å². The zero-order valence-electron chi connectivity index (χ0n) is 21.2. The SMILES string of the molecule is C[C@H](NC(=O)CC[C@@H](C)[C@H]1CC[C@H]2[C@@H]3[C@H](O)[C@@H](O)[C@@H]4C[C@H](O)CC[C@]4(C)[C@H]3CC[C@]12C)C(=O)O. The number of hydrogen-bond donors (Lipinski definition) is 5. The molecule has 1 amide bonds. The first-order valence-electron chi connectivity index (χ1n) is 13.5. The highest BCUT2D eigenvalue weighted by Crippen LogP contribution is 2.68. The Labute approximate surface area is 203 Å². The molecule has 7 nitrogen and oxygen atoms in total. The number of aliphatic hydroxyl groups excluding tert-OH is 3. The molecule has 0 bridgehead atoms. The molecule has 0 aromatic rings. The van der Waals surface area contributed by atoms with E-state index in [9.17, 15) is 24.9 Å². The Hall–Kier alpha value is -1.18. The third-order valence-electron chi connectivity index (χ3n) is 11.1. The minimum Gasteiger partial charge on any atom is -0.480 e. The molecule has 7 heteroatoms. The number of aliphatic hydroxyl groups is 3. The minimum atomic E-state index is -1.03. The van der Waals surface area contributed by atoms with Crippen molar-refractivity contribution in [2.75, 3.05) is 0 Å². The molecule has 0 heterocycles. The number of carbonyl (C=O) groups is 2. The molecule has 0 aliphatic heterocycles. The summed E-state index contributed by atoms with van der Waals surface area (Å²) in [4.78, 5) is 23.3. The van der Waals surface area contributed by atoms with Gasteiger partial charge in [0.2, 0.25) is 5.91 Å². The second-order valence-electron chi connectivity index (χ2n) is 12.7. The molecule has 4 fully saturated rings. The standard InChI is InChI=1S/C27H45NO6/c1-14(5-8-21(30)28-15(2)25(33)34)17-6-7-18-22-19(10-12-26(17,18)3)27(4)11-9-16(29)13-20(27)23(31)24(22)32/h14-20,22-24,29,31-32H,5-13H2,1-4H3,(H,28,30)(H,33,34)/t14-,15+,16-,17-,18+,19+,20+,22+,23+,24+,26-,27-/m1/s1. The predicted molar refractivity (Wildman–Crippen MR) is 128 cm³/mol. The monoisotopic (exact) mass is 479 g/mol. The van der Waals surface area contributed by atoms with Crippen molar-refractivity contribution in [2.24, 2.45) is 46.3 Å². The molecule has 12 atom stereocenters. The molecule has 34 heavy (non-hydrogen) atoms. The molecule has 4 aliphatic carbocycles. The second-order valence-corrected chi connectivity index (χ2v) is 12.7. The third-order valence-corrected chi connectivity index (χ3v) is 11.1. The summed E-state index contributed by atoms with van der Waals surface area (Å²) in [5, 5.41) is 44.4. The molecule has 0 spiro atoms. The maximum atomic E-state index is 12.2. The normalized spacial score (nSPS) is 47.6. The zero-order chi connectivity index (χ0) is 25.0. The number of fused-ring (bicyclic) bond motifs is 5. The highest BCUT2D eigenvalue weighted by Gasteiger charge is 2.65.